The third kappa shape index (κ3) is 12.6. The van der Waals surface area contributed by atoms with E-state index in [1.165, 1.54) is 61.3 Å². The molecule has 0 aromatic carbocycles. The first kappa shape index (κ1) is 47.0. The van der Waals surface area contributed by atoms with Gasteiger partial charge in [0.05, 0.1) is 0 Å². The van der Waals surface area contributed by atoms with Crippen LogP contribution in [-0.2, 0) is 32.5 Å². The van der Waals surface area contributed by atoms with Gasteiger partial charge in [-0.05, 0) is 71.0 Å². The van der Waals surface area contributed by atoms with Gasteiger partial charge in [0.1, 0.15) is 0 Å². The van der Waals surface area contributed by atoms with Crippen LogP contribution < -0.4 is 9.97 Å². The number of hydrogen-bond acceptors (Lipinski definition) is 2. The molecule has 0 aliphatic heterocycles. The summed E-state index contributed by atoms with van der Waals surface area (Å²) in [6, 6.07) is 0. The van der Waals surface area contributed by atoms with Crippen LogP contribution in [0.25, 0.3) is 0 Å². The van der Waals surface area contributed by atoms with Crippen molar-refractivity contribution in [1.82, 2.24) is 19.9 Å². The molecule has 2 rings (SSSR count). The van der Waals surface area contributed by atoms with Crippen LogP contribution in [0.5, 0.6) is 0 Å². The monoisotopic (exact) mass is 777 g/mol. The molecule has 2 aromatic heterocycles. The van der Waals surface area contributed by atoms with E-state index in [0.717, 1.165) is 50.2 Å². The first-order valence-electron chi connectivity index (χ1n) is 19.2. The molecule has 0 saturated carbocycles. The van der Waals surface area contributed by atoms with Crippen molar-refractivity contribution in [3.8, 4) is 0 Å². The number of aromatic nitrogens is 4. The molecule has 268 valence electrons. The molecule has 0 atom stereocenters. The molecule has 0 spiro atoms. The van der Waals surface area contributed by atoms with Crippen LogP contribution in [0.15, 0.2) is 0 Å². The molecule has 0 amide bonds. The topological polar surface area (TPSA) is 54.0 Å². The van der Waals surface area contributed by atoms with E-state index in [9.17, 15) is 0 Å². The van der Waals surface area contributed by atoms with Gasteiger partial charge < -0.3 is 19.9 Å². The van der Waals surface area contributed by atoms with Crippen molar-refractivity contribution in [3.63, 3.8) is 0 Å². The van der Waals surface area contributed by atoms with Gasteiger partial charge in [-0.1, -0.05) is 198 Å². The Kier molecular flexibility index (Phi) is 19.0. The van der Waals surface area contributed by atoms with Crippen LogP contribution in [0, 0.1) is 0 Å². The Morgan fingerprint density at radius 1 is 0.362 bits per heavy atom. The van der Waals surface area contributed by atoms with Crippen LogP contribution in [0.2, 0.25) is 0 Å². The molecule has 5 heteroatoms. The molecule has 0 bridgehead atoms. The molecule has 47 heavy (non-hydrogen) atoms. The van der Waals surface area contributed by atoms with E-state index in [1.807, 2.05) is 0 Å². The van der Waals surface area contributed by atoms with Gasteiger partial charge in [-0.15, -0.1) is 0 Å². The van der Waals surface area contributed by atoms with Crippen molar-refractivity contribution in [2.75, 3.05) is 0 Å². The summed E-state index contributed by atoms with van der Waals surface area (Å²) in [4.78, 5) is 20.5. The number of nitrogens with zero attached hydrogens (tertiary/aromatic N) is 4. The molecule has 0 fully saturated rings. The van der Waals surface area contributed by atoms with Crippen LogP contribution >= 0.6 is 0 Å². The van der Waals surface area contributed by atoms with Crippen molar-refractivity contribution in [2.45, 2.75) is 234 Å². The Morgan fingerprint density at radius 3 is 0.809 bits per heavy atom. The van der Waals surface area contributed by atoms with E-state index < -0.39 is 0 Å². The Bertz CT molecular complexity index is 1010. The summed E-state index contributed by atoms with van der Waals surface area (Å²) in [7, 11) is 0. The summed E-state index contributed by atoms with van der Waals surface area (Å²) < 4.78 is 0. The predicted octanol–water partition coefficient (Wildman–Crippen LogP) is 12.2. The fourth-order valence-corrected chi connectivity index (χ4v) is 7.63. The molecule has 2 aromatic rings. The average Bonchev–Trinajstić information content (AvgIpc) is 3.58. The smallest absolute Gasteiger partial charge is 0.442 e. The van der Waals surface area contributed by atoms with Gasteiger partial charge in [-0.3, -0.25) is 0 Å². The average molecular weight is 776 g/mol. The van der Waals surface area contributed by atoms with Gasteiger partial charge >= 0.3 is 48.9 Å². The molecule has 0 radical (unpaired) electrons. The van der Waals surface area contributed by atoms with E-state index in [1.54, 1.807) is 0 Å². The van der Waals surface area contributed by atoms with Crippen LogP contribution in [0.4, 0.5) is 0 Å². The standard InChI is InChI=1S/2C21H39N2.Ba/c2*1-10-13-19(4,5)16-17(20(6,7)14-11-2)23-18(22-16)21(8,9)15-12-3;/h2*10-15H2,1-9H3;/q2*-1;+2. The van der Waals surface area contributed by atoms with Gasteiger partial charge in [-0.25, -0.2) is 0 Å². The molecule has 0 aliphatic carbocycles. The molecular weight excluding hydrogens is 698 g/mol. The minimum absolute atomic E-state index is 0. The minimum Gasteiger partial charge on any atom is -0.442 e. The fraction of sp³-hybridized carbons (Fsp3) is 0.857. The first-order valence-corrected chi connectivity index (χ1v) is 19.2. The zero-order chi connectivity index (χ0) is 35.8. The number of imidazole rings is 2. The molecule has 0 N–H and O–H groups in total. The Labute approximate surface area is 334 Å². The summed E-state index contributed by atoms with van der Waals surface area (Å²) >= 11 is 0. The summed E-state index contributed by atoms with van der Waals surface area (Å²) in [5.74, 6) is 2.11. The van der Waals surface area contributed by atoms with E-state index in [2.05, 4.69) is 125 Å². The second-order valence-electron chi connectivity index (χ2n) is 18.3. The van der Waals surface area contributed by atoms with Gasteiger partial charge in [0.25, 0.3) is 0 Å². The zero-order valence-corrected chi connectivity index (χ0v) is 39.4. The molecular formula is C42H78BaN4. The Morgan fingerprint density at radius 2 is 0.574 bits per heavy atom. The van der Waals surface area contributed by atoms with Crippen molar-refractivity contribution in [1.29, 1.82) is 0 Å². The van der Waals surface area contributed by atoms with E-state index in [-0.39, 0.29) is 81.4 Å². The van der Waals surface area contributed by atoms with Crippen LogP contribution in [0.1, 0.15) is 236 Å². The largest absolute Gasteiger partial charge is 2.00 e. The summed E-state index contributed by atoms with van der Waals surface area (Å²) in [5, 5.41) is 0. The maximum Gasteiger partial charge on any atom is 2.00 e. The van der Waals surface area contributed by atoms with Crippen molar-refractivity contribution in [2.24, 2.45) is 0 Å². The van der Waals surface area contributed by atoms with Gasteiger partial charge in [0.2, 0.25) is 0 Å². The molecule has 0 saturated heterocycles. The SMILES string of the molecule is CCCC(C)(C)c1nc(C(C)(C)CCC)c(C(C)(C)CCC)[n-]1.CCCC(C)(C)c1nc(C(C)(C)CCC)c(C(C)(C)CCC)[n-]1.[Ba+2]. The van der Waals surface area contributed by atoms with Crippen molar-refractivity contribution >= 4 is 48.9 Å². The van der Waals surface area contributed by atoms with Crippen molar-refractivity contribution < 1.29 is 0 Å². The minimum atomic E-state index is 0. The Hall–Kier alpha value is -0.00857. The predicted molar refractivity (Wildman–Crippen MR) is 208 cm³/mol. The fourth-order valence-electron chi connectivity index (χ4n) is 7.63. The first-order chi connectivity index (χ1) is 21.0. The van der Waals surface area contributed by atoms with E-state index in [0.29, 0.717) is 0 Å². The maximum absolute atomic E-state index is 5.13. The summed E-state index contributed by atoms with van der Waals surface area (Å²) in [5.41, 5.74) is 5.51. The van der Waals surface area contributed by atoms with Gasteiger partial charge in [0.15, 0.2) is 0 Å². The second kappa shape index (κ2) is 19.0. The molecule has 4 nitrogen and oxygen atoms in total. The zero-order valence-electron chi connectivity index (χ0n) is 35.0. The number of hydrogen-bond donors (Lipinski definition) is 0. The molecule has 2 heterocycles. The van der Waals surface area contributed by atoms with Crippen molar-refractivity contribution in [3.05, 3.63) is 34.4 Å². The second-order valence-corrected chi connectivity index (χ2v) is 18.3. The van der Waals surface area contributed by atoms with Gasteiger partial charge in [0, 0.05) is 0 Å². The third-order valence-electron chi connectivity index (χ3n) is 10.3. The third-order valence-corrected chi connectivity index (χ3v) is 10.3. The van der Waals surface area contributed by atoms with Crippen LogP contribution in [0.3, 0.4) is 0 Å². The maximum atomic E-state index is 5.13. The van der Waals surface area contributed by atoms with E-state index >= 15 is 0 Å². The van der Waals surface area contributed by atoms with E-state index in [4.69, 9.17) is 19.9 Å². The van der Waals surface area contributed by atoms with Gasteiger partial charge in [-0.2, -0.15) is 0 Å². The van der Waals surface area contributed by atoms with Crippen LogP contribution in [-0.4, -0.2) is 58.8 Å². The summed E-state index contributed by atoms with van der Waals surface area (Å²) in [6.45, 7) is 41.4. The molecule has 0 aliphatic rings. The molecule has 0 unspecified atom stereocenters. The Balaban J connectivity index is 0.000000882. The summed E-state index contributed by atoms with van der Waals surface area (Å²) in [6.07, 6.45) is 14.0. The normalized spacial score (nSPS) is 13.3. The number of rotatable bonds is 18. The quantitative estimate of drug-likeness (QED) is 0.142.